The Balaban J connectivity index is 2.59. The summed E-state index contributed by atoms with van der Waals surface area (Å²) in [7, 11) is 0. The van der Waals surface area contributed by atoms with Crippen molar-refractivity contribution in [3.63, 3.8) is 0 Å². The van der Waals surface area contributed by atoms with Crippen LogP contribution in [0.25, 0.3) is 0 Å². The molecule has 14 heavy (non-hydrogen) atoms. The molecule has 1 aromatic rings. The number of aliphatic hydroxyl groups excluding tert-OH is 2. The number of halogens is 2. The normalized spacial score (nSPS) is 12.9. The van der Waals surface area contributed by atoms with Crippen LogP contribution in [0.1, 0.15) is 0 Å². The second-order valence-corrected chi connectivity index (χ2v) is 4.89. The second kappa shape index (κ2) is 5.92. The first-order chi connectivity index (χ1) is 6.63. The van der Waals surface area contributed by atoms with Crippen LogP contribution in [0, 0.1) is 0 Å². The monoisotopic (exact) mass is 297 g/mol. The van der Waals surface area contributed by atoms with E-state index in [1.807, 2.05) is 0 Å². The van der Waals surface area contributed by atoms with Gasteiger partial charge in [-0.25, -0.2) is 4.98 Å². The highest BCUT2D eigenvalue weighted by Crippen LogP contribution is 2.27. The Morgan fingerprint density at radius 2 is 2.36 bits per heavy atom. The zero-order valence-corrected chi connectivity index (χ0v) is 10.3. The van der Waals surface area contributed by atoms with Crippen LogP contribution in [-0.4, -0.2) is 33.7 Å². The van der Waals surface area contributed by atoms with Crippen LogP contribution in [0.15, 0.2) is 21.8 Å². The molecule has 0 fully saturated rings. The quantitative estimate of drug-likeness (QED) is 0.834. The largest absolute Gasteiger partial charge is 0.394 e. The number of aromatic nitrogens is 1. The molecule has 0 aromatic carbocycles. The van der Waals surface area contributed by atoms with Gasteiger partial charge in [0.05, 0.1) is 22.2 Å². The van der Waals surface area contributed by atoms with Crippen LogP contribution >= 0.6 is 39.3 Å². The van der Waals surface area contributed by atoms with Crippen molar-refractivity contribution in [1.29, 1.82) is 0 Å². The molecule has 0 saturated carbocycles. The van der Waals surface area contributed by atoms with E-state index in [1.165, 1.54) is 11.8 Å². The molecular formula is C8H9BrClNO2S. The minimum Gasteiger partial charge on any atom is -0.394 e. The highest BCUT2D eigenvalue weighted by molar-refractivity contribution is 9.10. The second-order valence-electron chi connectivity index (χ2n) is 2.59. The number of hydrogen-bond acceptors (Lipinski definition) is 4. The maximum Gasteiger partial charge on any atom is 0.110 e. The smallest absolute Gasteiger partial charge is 0.110 e. The van der Waals surface area contributed by atoms with Crippen molar-refractivity contribution in [3.8, 4) is 0 Å². The predicted molar refractivity (Wildman–Crippen MR) is 60.8 cm³/mol. The van der Waals surface area contributed by atoms with Gasteiger partial charge in [0, 0.05) is 11.9 Å². The van der Waals surface area contributed by atoms with Gasteiger partial charge in [0.25, 0.3) is 0 Å². The SMILES string of the molecule is OCC(O)CSc1ncc(Cl)cc1Br. The summed E-state index contributed by atoms with van der Waals surface area (Å²) in [5.41, 5.74) is 0. The fourth-order valence-corrected chi connectivity index (χ4v) is 2.50. The minimum atomic E-state index is -0.718. The van der Waals surface area contributed by atoms with Crippen LogP contribution in [-0.2, 0) is 0 Å². The van der Waals surface area contributed by atoms with Gasteiger partial charge >= 0.3 is 0 Å². The Morgan fingerprint density at radius 1 is 1.64 bits per heavy atom. The number of aliphatic hydroxyl groups is 2. The van der Waals surface area contributed by atoms with Crippen LogP contribution in [0.2, 0.25) is 5.02 Å². The van der Waals surface area contributed by atoms with Gasteiger partial charge in [-0.15, -0.1) is 11.8 Å². The first kappa shape index (κ1) is 12.3. The maximum absolute atomic E-state index is 9.12. The number of rotatable bonds is 4. The molecular weight excluding hydrogens is 290 g/mol. The van der Waals surface area contributed by atoms with Gasteiger partial charge in [-0.2, -0.15) is 0 Å². The number of thioether (sulfide) groups is 1. The number of nitrogens with zero attached hydrogens (tertiary/aromatic N) is 1. The van der Waals surface area contributed by atoms with Gasteiger partial charge in [-0.1, -0.05) is 11.6 Å². The van der Waals surface area contributed by atoms with Gasteiger partial charge in [-0.05, 0) is 22.0 Å². The first-order valence-corrected chi connectivity index (χ1v) is 6.02. The third-order valence-corrected chi connectivity index (χ3v) is 3.62. The average molecular weight is 299 g/mol. The van der Waals surface area contributed by atoms with Crippen LogP contribution in [0.4, 0.5) is 0 Å². The van der Waals surface area contributed by atoms with Gasteiger partial charge < -0.3 is 10.2 Å². The summed E-state index contributed by atoms with van der Waals surface area (Å²) in [5, 5.41) is 19.0. The minimum absolute atomic E-state index is 0.238. The fraction of sp³-hybridized carbons (Fsp3) is 0.375. The standard InChI is InChI=1S/C8H9BrClNO2S/c9-7-1-5(10)2-11-8(7)14-4-6(13)3-12/h1-2,6,12-13H,3-4H2. The van der Waals surface area contributed by atoms with Crippen molar-refractivity contribution < 1.29 is 10.2 Å². The van der Waals surface area contributed by atoms with Gasteiger partial charge in [0.1, 0.15) is 5.03 Å². The zero-order chi connectivity index (χ0) is 10.6. The summed E-state index contributed by atoms with van der Waals surface area (Å²) in [6, 6.07) is 1.74. The molecule has 0 aliphatic carbocycles. The molecule has 1 rings (SSSR count). The van der Waals surface area contributed by atoms with E-state index in [2.05, 4.69) is 20.9 Å². The van der Waals surface area contributed by atoms with Crippen molar-refractivity contribution in [2.24, 2.45) is 0 Å². The Labute approximate surface area is 99.6 Å². The van der Waals surface area contributed by atoms with E-state index in [9.17, 15) is 0 Å². The summed E-state index contributed by atoms with van der Waals surface area (Å²) in [4.78, 5) is 4.08. The zero-order valence-electron chi connectivity index (χ0n) is 7.15. The van der Waals surface area contributed by atoms with E-state index in [-0.39, 0.29) is 6.61 Å². The molecule has 0 aliphatic heterocycles. The van der Waals surface area contributed by atoms with Gasteiger partial charge in [0.2, 0.25) is 0 Å². The van der Waals surface area contributed by atoms with E-state index in [0.29, 0.717) is 10.8 Å². The molecule has 3 nitrogen and oxygen atoms in total. The molecule has 1 aromatic heterocycles. The third-order valence-electron chi connectivity index (χ3n) is 1.40. The van der Waals surface area contributed by atoms with Crippen LogP contribution in [0.5, 0.6) is 0 Å². The molecule has 2 N–H and O–H groups in total. The molecule has 0 radical (unpaired) electrons. The van der Waals surface area contributed by atoms with Gasteiger partial charge in [0.15, 0.2) is 0 Å². The lowest BCUT2D eigenvalue weighted by Gasteiger charge is -2.07. The topological polar surface area (TPSA) is 53.4 Å². The van der Waals surface area contributed by atoms with Crippen LogP contribution < -0.4 is 0 Å². The van der Waals surface area contributed by atoms with Crippen molar-refractivity contribution >= 4 is 39.3 Å². The summed E-state index contributed by atoms with van der Waals surface area (Å²) < 4.78 is 0.792. The highest BCUT2D eigenvalue weighted by Gasteiger charge is 2.07. The Hall–Kier alpha value is 0.190. The lowest BCUT2D eigenvalue weighted by molar-refractivity contribution is 0.113. The lowest BCUT2D eigenvalue weighted by Crippen LogP contribution is -2.14. The Morgan fingerprint density at radius 3 is 2.93 bits per heavy atom. The van der Waals surface area contributed by atoms with E-state index in [4.69, 9.17) is 21.8 Å². The summed E-state index contributed by atoms with van der Waals surface area (Å²) in [5.74, 6) is 0.406. The van der Waals surface area contributed by atoms with E-state index in [0.717, 1.165) is 9.50 Å². The van der Waals surface area contributed by atoms with Crippen molar-refractivity contribution in [2.75, 3.05) is 12.4 Å². The molecule has 1 unspecified atom stereocenters. The van der Waals surface area contributed by atoms with Crippen molar-refractivity contribution in [2.45, 2.75) is 11.1 Å². The molecule has 1 heterocycles. The average Bonchev–Trinajstić information content (AvgIpc) is 2.16. The van der Waals surface area contributed by atoms with E-state index < -0.39 is 6.10 Å². The molecule has 0 amide bonds. The predicted octanol–water partition coefficient (Wildman–Crippen LogP) is 1.94. The summed E-state index contributed by atoms with van der Waals surface area (Å²) in [6.07, 6.45) is 0.823. The van der Waals surface area contributed by atoms with E-state index >= 15 is 0 Å². The molecule has 6 heteroatoms. The Bertz CT molecular complexity index is 313. The third kappa shape index (κ3) is 3.74. The number of pyridine rings is 1. The molecule has 0 saturated heterocycles. The van der Waals surface area contributed by atoms with Gasteiger partial charge in [-0.3, -0.25) is 0 Å². The Kier molecular flexibility index (Phi) is 5.19. The number of hydrogen-bond donors (Lipinski definition) is 2. The molecule has 1 atom stereocenters. The molecule has 0 bridgehead atoms. The first-order valence-electron chi connectivity index (χ1n) is 3.86. The highest BCUT2D eigenvalue weighted by atomic mass is 79.9. The molecule has 78 valence electrons. The maximum atomic E-state index is 9.12. The summed E-state index contributed by atoms with van der Waals surface area (Å²) >= 11 is 10.4. The summed E-state index contributed by atoms with van der Waals surface area (Å²) in [6.45, 7) is -0.238. The lowest BCUT2D eigenvalue weighted by atomic mass is 10.4. The van der Waals surface area contributed by atoms with Crippen molar-refractivity contribution in [3.05, 3.63) is 21.8 Å². The molecule has 0 aliphatic rings. The fourth-order valence-electron chi connectivity index (χ4n) is 0.736. The van der Waals surface area contributed by atoms with E-state index in [1.54, 1.807) is 12.3 Å². The molecule has 0 spiro atoms. The van der Waals surface area contributed by atoms with Crippen molar-refractivity contribution in [1.82, 2.24) is 4.98 Å². The van der Waals surface area contributed by atoms with Crippen LogP contribution in [0.3, 0.4) is 0 Å².